The number of rotatable bonds is 4. The minimum atomic E-state index is -0.763. The molecule has 23 heavy (non-hydrogen) atoms. The fourth-order valence-corrected chi connectivity index (χ4v) is 2.12. The van der Waals surface area contributed by atoms with Gasteiger partial charge in [0.25, 0.3) is 5.91 Å². The van der Waals surface area contributed by atoms with Gasteiger partial charge in [-0.1, -0.05) is 41.4 Å². The van der Waals surface area contributed by atoms with Gasteiger partial charge in [0.05, 0.1) is 26.9 Å². The van der Waals surface area contributed by atoms with E-state index in [1.54, 1.807) is 30.3 Å². The number of nitrogens with zero attached hydrogens (tertiary/aromatic N) is 1. The van der Waals surface area contributed by atoms with Crippen LogP contribution in [0.4, 0.5) is 5.69 Å². The summed E-state index contributed by atoms with van der Waals surface area (Å²) in [5.74, 6) is -1.33. The van der Waals surface area contributed by atoms with Gasteiger partial charge in [0.15, 0.2) is 6.61 Å². The van der Waals surface area contributed by atoms with E-state index in [9.17, 15) is 9.59 Å². The predicted molar refractivity (Wildman–Crippen MR) is 86.5 cm³/mol. The van der Waals surface area contributed by atoms with E-state index in [1.807, 2.05) is 6.07 Å². The van der Waals surface area contributed by atoms with Gasteiger partial charge in [-0.15, -0.1) is 0 Å². The second-order valence-electron chi connectivity index (χ2n) is 4.38. The largest absolute Gasteiger partial charge is 0.452 e. The Morgan fingerprint density at radius 3 is 2.61 bits per heavy atom. The molecule has 0 bridgehead atoms. The van der Waals surface area contributed by atoms with Crippen molar-refractivity contribution in [3.63, 3.8) is 0 Å². The highest BCUT2D eigenvalue weighted by Crippen LogP contribution is 2.26. The van der Waals surface area contributed by atoms with Crippen LogP contribution in [0.15, 0.2) is 42.5 Å². The van der Waals surface area contributed by atoms with Crippen LogP contribution in [0.2, 0.25) is 10.0 Å². The number of nitriles is 1. The second kappa shape index (κ2) is 7.63. The molecule has 1 N–H and O–H groups in total. The molecule has 1 amide bonds. The number of halogens is 2. The Morgan fingerprint density at radius 2 is 1.87 bits per heavy atom. The van der Waals surface area contributed by atoms with E-state index < -0.39 is 18.5 Å². The van der Waals surface area contributed by atoms with Gasteiger partial charge in [0.1, 0.15) is 6.07 Å². The molecular weight excluding hydrogens is 339 g/mol. The summed E-state index contributed by atoms with van der Waals surface area (Å²) in [5, 5.41) is 11.7. The van der Waals surface area contributed by atoms with Gasteiger partial charge in [-0.2, -0.15) is 5.26 Å². The predicted octanol–water partition coefficient (Wildman–Crippen LogP) is 3.66. The zero-order chi connectivity index (χ0) is 16.8. The van der Waals surface area contributed by atoms with Gasteiger partial charge in [-0.25, -0.2) is 4.79 Å². The number of amides is 1. The fourth-order valence-electron chi connectivity index (χ4n) is 1.75. The Balaban J connectivity index is 1.98. The van der Waals surface area contributed by atoms with Crippen molar-refractivity contribution in [1.82, 2.24) is 0 Å². The zero-order valence-electron chi connectivity index (χ0n) is 11.7. The third kappa shape index (κ3) is 4.22. The molecule has 7 heteroatoms. The van der Waals surface area contributed by atoms with E-state index in [1.165, 1.54) is 12.1 Å². The number of carbonyl (C=O) groups is 2. The molecule has 0 heterocycles. The summed E-state index contributed by atoms with van der Waals surface area (Å²) in [6.45, 7) is -0.512. The molecule has 2 aromatic carbocycles. The number of hydrogen-bond acceptors (Lipinski definition) is 4. The molecule has 2 rings (SSSR count). The Labute approximate surface area is 142 Å². The molecule has 5 nitrogen and oxygen atoms in total. The molecule has 0 saturated carbocycles. The monoisotopic (exact) mass is 348 g/mol. The van der Waals surface area contributed by atoms with Crippen LogP contribution >= 0.6 is 23.2 Å². The number of anilines is 1. The highest BCUT2D eigenvalue weighted by Gasteiger charge is 2.16. The molecule has 0 aromatic heterocycles. The Kier molecular flexibility index (Phi) is 5.58. The number of carbonyl (C=O) groups excluding carboxylic acids is 2. The van der Waals surface area contributed by atoms with Crippen LogP contribution < -0.4 is 5.32 Å². The average Bonchev–Trinajstić information content (AvgIpc) is 2.55. The quantitative estimate of drug-likeness (QED) is 0.855. The SMILES string of the molecule is N#Cc1ccccc1NC(=O)COC(=O)c1cccc(Cl)c1Cl. The first-order valence-corrected chi connectivity index (χ1v) is 7.18. The van der Waals surface area contributed by atoms with E-state index in [0.29, 0.717) is 11.3 Å². The Hall–Kier alpha value is -2.55. The number of para-hydroxylation sites is 1. The third-order valence-corrected chi connectivity index (χ3v) is 3.65. The number of benzene rings is 2. The Bertz CT molecular complexity index is 800. The van der Waals surface area contributed by atoms with Crippen molar-refractivity contribution in [3.8, 4) is 6.07 Å². The summed E-state index contributed by atoms with van der Waals surface area (Å²) in [6.07, 6.45) is 0. The molecule has 0 radical (unpaired) electrons. The fraction of sp³-hybridized carbons (Fsp3) is 0.0625. The molecule has 0 saturated heterocycles. The van der Waals surface area contributed by atoms with Crippen molar-refractivity contribution in [2.24, 2.45) is 0 Å². The lowest BCUT2D eigenvalue weighted by Gasteiger charge is -2.08. The van der Waals surface area contributed by atoms with Crippen LogP contribution in [0, 0.1) is 11.3 Å². The number of hydrogen-bond donors (Lipinski definition) is 1. The van der Waals surface area contributed by atoms with Crippen LogP contribution in [0.5, 0.6) is 0 Å². The van der Waals surface area contributed by atoms with Gasteiger partial charge < -0.3 is 10.1 Å². The standard InChI is InChI=1S/C16H10Cl2N2O3/c17-12-6-3-5-11(15(12)18)16(22)23-9-14(21)20-13-7-2-1-4-10(13)8-19/h1-7H,9H2,(H,20,21). The molecule has 0 aliphatic rings. The molecule has 0 aliphatic carbocycles. The van der Waals surface area contributed by atoms with Crippen molar-refractivity contribution in [2.75, 3.05) is 11.9 Å². The van der Waals surface area contributed by atoms with E-state index in [-0.39, 0.29) is 15.6 Å². The summed E-state index contributed by atoms with van der Waals surface area (Å²) < 4.78 is 4.89. The summed E-state index contributed by atoms with van der Waals surface area (Å²) in [7, 11) is 0. The summed E-state index contributed by atoms with van der Waals surface area (Å²) in [5.41, 5.74) is 0.728. The average molecular weight is 349 g/mol. The van der Waals surface area contributed by atoms with Crippen molar-refractivity contribution in [3.05, 3.63) is 63.6 Å². The van der Waals surface area contributed by atoms with Crippen molar-refractivity contribution in [1.29, 1.82) is 5.26 Å². The molecule has 0 unspecified atom stereocenters. The lowest BCUT2D eigenvalue weighted by atomic mass is 10.2. The maximum atomic E-state index is 11.9. The van der Waals surface area contributed by atoms with Gasteiger partial charge in [-0.3, -0.25) is 4.79 Å². The van der Waals surface area contributed by atoms with E-state index in [0.717, 1.165) is 0 Å². The second-order valence-corrected chi connectivity index (χ2v) is 5.17. The summed E-state index contributed by atoms with van der Waals surface area (Å²) in [4.78, 5) is 23.7. The van der Waals surface area contributed by atoms with Crippen LogP contribution in [-0.4, -0.2) is 18.5 Å². The van der Waals surface area contributed by atoms with Crippen LogP contribution in [-0.2, 0) is 9.53 Å². The zero-order valence-corrected chi connectivity index (χ0v) is 13.2. The number of esters is 1. The first-order chi connectivity index (χ1) is 11.0. The molecule has 0 fully saturated rings. The third-order valence-electron chi connectivity index (χ3n) is 2.83. The lowest BCUT2D eigenvalue weighted by molar-refractivity contribution is -0.119. The van der Waals surface area contributed by atoms with E-state index in [4.69, 9.17) is 33.2 Å². The van der Waals surface area contributed by atoms with E-state index >= 15 is 0 Å². The topological polar surface area (TPSA) is 79.2 Å². The normalized spacial score (nSPS) is 9.78. The minimum absolute atomic E-state index is 0.0643. The van der Waals surface area contributed by atoms with Crippen LogP contribution in [0.1, 0.15) is 15.9 Å². The molecule has 2 aromatic rings. The molecule has 0 atom stereocenters. The van der Waals surface area contributed by atoms with Gasteiger partial charge in [0.2, 0.25) is 0 Å². The highest BCUT2D eigenvalue weighted by atomic mass is 35.5. The molecule has 0 spiro atoms. The molecule has 0 aliphatic heterocycles. The number of ether oxygens (including phenoxy) is 1. The maximum Gasteiger partial charge on any atom is 0.340 e. The first-order valence-electron chi connectivity index (χ1n) is 6.43. The Morgan fingerprint density at radius 1 is 1.13 bits per heavy atom. The number of nitrogens with one attached hydrogen (secondary N) is 1. The molecular formula is C16H10Cl2N2O3. The van der Waals surface area contributed by atoms with Gasteiger partial charge >= 0.3 is 5.97 Å². The van der Waals surface area contributed by atoms with Crippen LogP contribution in [0.25, 0.3) is 0 Å². The van der Waals surface area contributed by atoms with Gasteiger partial charge in [0, 0.05) is 0 Å². The van der Waals surface area contributed by atoms with Crippen molar-refractivity contribution in [2.45, 2.75) is 0 Å². The summed E-state index contributed by atoms with van der Waals surface area (Å²) >= 11 is 11.7. The van der Waals surface area contributed by atoms with E-state index in [2.05, 4.69) is 5.32 Å². The van der Waals surface area contributed by atoms with Gasteiger partial charge in [-0.05, 0) is 24.3 Å². The smallest absolute Gasteiger partial charge is 0.340 e. The molecule has 116 valence electrons. The summed E-state index contributed by atoms with van der Waals surface area (Å²) in [6, 6.07) is 13.0. The highest BCUT2D eigenvalue weighted by molar-refractivity contribution is 6.43. The van der Waals surface area contributed by atoms with Crippen molar-refractivity contribution < 1.29 is 14.3 Å². The van der Waals surface area contributed by atoms with Crippen LogP contribution in [0.3, 0.4) is 0 Å². The first kappa shape index (κ1) is 16.8. The minimum Gasteiger partial charge on any atom is -0.452 e. The van der Waals surface area contributed by atoms with Crippen molar-refractivity contribution >= 4 is 40.8 Å². The maximum absolute atomic E-state index is 11.9. The lowest BCUT2D eigenvalue weighted by Crippen LogP contribution is -2.21.